The van der Waals surface area contributed by atoms with E-state index in [-0.39, 0.29) is 23.7 Å². The summed E-state index contributed by atoms with van der Waals surface area (Å²) < 4.78 is 0. The fraction of sp³-hybridized carbons (Fsp3) is 0.550. The summed E-state index contributed by atoms with van der Waals surface area (Å²) in [4.78, 5) is 38.5. The molecule has 6 heteroatoms. The van der Waals surface area contributed by atoms with Crippen LogP contribution in [-0.2, 0) is 22.4 Å². The smallest absolute Gasteiger partial charge is 0.322 e. The molecule has 2 heterocycles. The van der Waals surface area contributed by atoms with Crippen molar-refractivity contribution in [2.75, 3.05) is 13.1 Å². The van der Waals surface area contributed by atoms with Gasteiger partial charge < -0.3 is 10.2 Å². The number of hydrogen-bond acceptors (Lipinski definition) is 3. The second-order valence-corrected chi connectivity index (χ2v) is 7.92. The molecule has 2 atom stereocenters. The minimum atomic E-state index is -0.851. The monoisotopic (exact) mass is 355 g/mol. The molecule has 2 N–H and O–H groups in total. The Kier molecular flexibility index (Phi) is 4.21. The Morgan fingerprint density at radius 2 is 1.81 bits per heavy atom. The Bertz CT molecular complexity index is 754. The summed E-state index contributed by atoms with van der Waals surface area (Å²) in [7, 11) is 0. The van der Waals surface area contributed by atoms with E-state index < -0.39 is 11.6 Å². The minimum absolute atomic E-state index is 0.0603. The van der Waals surface area contributed by atoms with Gasteiger partial charge in [-0.15, -0.1) is 0 Å². The molecule has 1 aromatic carbocycles. The molecule has 138 valence electrons. The van der Waals surface area contributed by atoms with Crippen molar-refractivity contribution in [2.45, 2.75) is 44.6 Å². The summed E-state index contributed by atoms with van der Waals surface area (Å²) in [6.07, 6.45) is 4.17. The zero-order chi connectivity index (χ0) is 18.3. The van der Waals surface area contributed by atoms with Crippen molar-refractivity contribution < 1.29 is 14.4 Å². The first-order valence-corrected chi connectivity index (χ1v) is 9.46. The molecule has 0 radical (unpaired) electrons. The van der Waals surface area contributed by atoms with Crippen molar-refractivity contribution in [3.63, 3.8) is 0 Å². The van der Waals surface area contributed by atoms with Crippen LogP contribution in [0, 0.1) is 11.8 Å². The lowest BCUT2D eigenvalue weighted by Gasteiger charge is -2.40. The zero-order valence-corrected chi connectivity index (χ0v) is 15.1. The molecule has 3 aliphatic rings. The average molecular weight is 355 g/mol. The summed E-state index contributed by atoms with van der Waals surface area (Å²) in [6, 6.07) is 7.96. The van der Waals surface area contributed by atoms with E-state index in [0.717, 1.165) is 32.1 Å². The lowest BCUT2D eigenvalue weighted by molar-refractivity contribution is -0.138. The van der Waals surface area contributed by atoms with Crippen molar-refractivity contribution in [3.05, 3.63) is 35.4 Å². The molecular weight excluding hydrogens is 330 g/mol. The van der Waals surface area contributed by atoms with Crippen LogP contribution >= 0.6 is 0 Å². The van der Waals surface area contributed by atoms with Crippen LogP contribution in [0.15, 0.2) is 24.3 Å². The van der Waals surface area contributed by atoms with Crippen molar-refractivity contribution >= 4 is 17.8 Å². The SMILES string of the molecule is CC1(C2CCN(C(=O)C3CCc4ccccc4C3)CC2)NC(=O)NC1=O. The van der Waals surface area contributed by atoms with Gasteiger partial charge in [0.15, 0.2) is 0 Å². The quantitative estimate of drug-likeness (QED) is 0.792. The first kappa shape index (κ1) is 17.1. The topological polar surface area (TPSA) is 78.5 Å². The maximum atomic E-state index is 13.0. The number of piperidine rings is 1. The number of likely N-dealkylation sites (tertiary alicyclic amines) is 1. The maximum absolute atomic E-state index is 13.0. The van der Waals surface area contributed by atoms with Crippen molar-refractivity contribution in [1.29, 1.82) is 0 Å². The van der Waals surface area contributed by atoms with E-state index in [1.807, 2.05) is 11.0 Å². The van der Waals surface area contributed by atoms with Gasteiger partial charge in [-0.05, 0) is 56.1 Å². The van der Waals surface area contributed by atoms with Crippen LogP contribution in [0.3, 0.4) is 0 Å². The van der Waals surface area contributed by atoms with Crippen molar-refractivity contribution in [3.8, 4) is 0 Å². The Balaban J connectivity index is 1.37. The second kappa shape index (κ2) is 6.41. The van der Waals surface area contributed by atoms with Crippen LogP contribution in [0.2, 0.25) is 0 Å². The van der Waals surface area contributed by atoms with Gasteiger partial charge in [-0.2, -0.15) is 0 Å². The van der Waals surface area contributed by atoms with Gasteiger partial charge in [-0.25, -0.2) is 4.79 Å². The number of benzene rings is 1. The summed E-state index contributed by atoms with van der Waals surface area (Å²) in [5, 5.41) is 5.10. The van der Waals surface area contributed by atoms with E-state index in [9.17, 15) is 14.4 Å². The molecule has 0 bridgehead atoms. The standard InChI is InChI=1S/C20H25N3O3/c1-20(18(25)21-19(26)22-20)16-8-10-23(11-9-16)17(24)15-7-6-13-4-2-3-5-14(13)12-15/h2-5,15-16H,6-12H2,1H3,(H2,21,22,25,26). The highest BCUT2D eigenvalue weighted by atomic mass is 16.2. The van der Waals surface area contributed by atoms with Crippen LogP contribution in [0.1, 0.15) is 37.3 Å². The number of amides is 4. The molecule has 1 aromatic rings. The molecule has 4 rings (SSSR count). The molecule has 2 fully saturated rings. The minimum Gasteiger partial charge on any atom is -0.342 e. The van der Waals surface area contributed by atoms with E-state index in [4.69, 9.17) is 0 Å². The van der Waals surface area contributed by atoms with Crippen LogP contribution in [0.5, 0.6) is 0 Å². The first-order chi connectivity index (χ1) is 12.5. The lowest BCUT2D eigenvalue weighted by atomic mass is 9.78. The third-order valence-electron chi connectivity index (χ3n) is 6.39. The number of rotatable bonds is 2. The van der Waals surface area contributed by atoms with Crippen molar-refractivity contribution in [1.82, 2.24) is 15.5 Å². The van der Waals surface area contributed by atoms with Crippen LogP contribution in [0.25, 0.3) is 0 Å². The van der Waals surface area contributed by atoms with E-state index in [1.165, 1.54) is 11.1 Å². The van der Waals surface area contributed by atoms with Gasteiger partial charge >= 0.3 is 6.03 Å². The fourth-order valence-corrected chi connectivity index (χ4v) is 4.69. The predicted molar refractivity (Wildman–Crippen MR) is 96.3 cm³/mol. The normalized spacial score (nSPS) is 29.1. The molecule has 1 aliphatic carbocycles. The third kappa shape index (κ3) is 2.87. The maximum Gasteiger partial charge on any atom is 0.322 e. The molecule has 4 amide bonds. The molecular formula is C20H25N3O3. The highest BCUT2D eigenvalue weighted by molar-refractivity contribution is 6.07. The van der Waals surface area contributed by atoms with Gasteiger partial charge in [-0.3, -0.25) is 14.9 Å². The van der Waals surface area contributed by atoms with Crippen LogP contribution in [0.4, 0.5) is 4.79 Å². The Morgan fingerprint density at radius 3 is 2.46 bits per heavy atom. The number of imide groups is 1. The molecule has 0 spiro atoms. The molecule has 0 aromatic heterocycles. The van der Waals surface area contributed by atoms with Crippen LogP contribution in [-0.4, -0.2) is 41.4 Å². The number of fused-ring (bicyclic) bond motifs is 1. The van der Waals surface area contributed by atoms with E-state index in [2.05, 4.69) is 28.8 Å². The Labute approximate surface area is 153 Å². The summed E-state index contributed by atoms with van der Waals surface area (Å²) in [5.41, 5.74) is 1.81. The van der Waals surface area contributed by atoms with Crippen molar-refractivity contribution in [2.24, 2.45) is 11.8 Å². The molecule has 26 heavy (non-hydrogen) atoms. The molecule has 2 unspecified atom stereocenters. The molecule has 2 saturated heterocycles. The number of nitrogens with zero attached hydrogens (tertiary/aromatic N) is 1. The van der Waals surface area contributed by atoms with Gasteiger partial charge in [0.25, 0.3) is 5.91 Å². The zero-order valence-electron chi connectivity index (χ0n) is 15.1. The van der Waals surface area contributed by atoms with Gasteiger partial charge in [0.2, 0.25) is 5.91 Å². The summed E-state index contributed by atoms with van der Waals surface area (Å²) in [5.74, 6) is 0.107. The number of hydrogen-bond donors (Lipinski definition) is 2. The van der Waals surface area contributed by atoms with Gasteiger partial charge in [-0.1, -0.05) is 24.3 Å². The fourth-order valence-electron chi connectivity index (χ4n) is 4.69. The lowest BCUT2D eigenvalue weighted by Crippen LogP contribution is -2.55. The van der Waals surface area contributed by atoms with Gasteiger partial charge in [0, 0.05) is 19.0 Å². The van der Waals surface area contributed by atoms with Crippen LogP contribution < -0.4 is 10.6 Å². The number of nitrogens with one attached hydrogen (secondary N) is 2. The van der Waals surface area contributed by atoms with Gasteiger partial charge in [0.1, 0.15) is 5.54 Å². The second-order valence-electron chi connectivity index (χ2n) is 7.92. The van der Waals surface area contributed by atoms with E-state index in [0.29, 0.717) is 13.1 Å². The average Bonchev–Trinajstić information content (AvgIpc) is 2.93. The molecule has 0 saturated carbocycles. The Hall–Kier alpha value is -2.37. The first-order valence-electron chi connectivity index (χ1n) is 9.46. The number of carbonyl (C=O) groups excluding carboxylic acids is 3. The highest BCUT2D eigenvalue weighted by Gasteiger charge is 2.49. The third-order valence-corrected chi connectivity index (χ3v) is 6.39. The molecule has 6 nitrogen and oxygen atoms in total. The number of aryl methyl sites for hydroxylation is 1. The number of carbonyl (C=O) groups is 3. The highest BCUT2D eigenvalue weighted by Crippen LogP contribution is 2.32. The Morgan fingerprint density at radius 1 is 1.12 bits per heavy atom. The van der Waals surface area contributed by atoms with E-state index >= 15 is 0 Å². The number of urea groups is 1. The molecule has 2 aliphatic heterocycles. The van der Waals surface area contributed by atoms with E-state index in [1.54, 1.807) is 6.92 Å². The predicted octanol–water partition coefficient (Wildman–Crippen LogP) is 1.63. The summed E-state index contributed by atoms with van der Waals surface area (Å²) >= 11 is 0. The van der Waals surface area contributed by atoms with Gasteiger partial charge in [0.05, 0.1) is 0 Å². The largest absolute Gasteiger partial charge is 0.342 e. The summed E-state index contributed by atoms with van der Waals surface area (Å²) in [6.45, 7) is 3.09.